The molecule has 0 bridgehead atoms. The summed E-state index contributed by atoms with van der Waals surface area (Å²) < 4.78 is 0. The molecule has 0 nitrogen and oxygen atoms in total. The molecule has 0 saturated heterocycles. The third kappa shape index (κ3) is 2.46. The SMILES string of the molecule is CC(C)(C)c1ccc(S[S])cc1. The Hall–Kier alpha value is -0.0800. The standard InChI is InChI=1S/C10H13S2/c1-10(2,3)8-4-6-9(12-11)7-5-8/h4-7H,1-3H3. The molecule has 1 radical (unpaired) electrons. The summed E-state index contributed by atoms with van der Waals surface area (Å²) in [6.45, 7) is 6.63. The molecule has 0 aliphatic heterocycles. The van der Waals surface area contributed by atoms with E-state index in [1.807, 2.05) is 0 Å². The molecule has 0 saturated carbocycles. The third-order valence-electron chi connectivity index (χ3n) is 1.82. The Morgan fingerprint density at radius 1 is 1.08 bits per heavy atom. The number of hydrogen-bond acceptors (Lipinski definition) is 1. The number of benzene rings is 1. The molecule has 0 spiro atoms. The molecule has 0 heterocycles. The van der Waals surface area contributed by atoms with Crippen LogP contribution in [-0.4, -0.2) is 0 Å². The maximum Gasteiger partial charge on any atom is 0.0191 e. The Morgan fingerprint density at radius 2 is 1.58 bits per heavy atom. The van der Waals surface area contributed by atoms with Gasteiger partial charge in [0.1, 0.15) is 0 Å². The zero-order valence-electron chi connectivity index (χ0n) is 7.63. The maximum absolute atomic E-state index is 4.87. The Bertz CT molecular complexity index is 244. The first-order chi connectivity index (χ1) is 5.54. The van der Waals surface area contributed by atoms with Gasteiger partial charge in [-0.3, -0.25) is 0 Å². The van der Waals surface area contributed by atoms with E-state index in [1.54, 1.807) is 0 Å². The summed E-state index contributed by atoms with van der Waals surface area (Å²) in [5, 5.41) is 0. The zero-order valence-corrected chi connectivity index (χ0v) is 9.26. The van der Waals surface area contributed by atoms with Crippen molar-refractivity contribution in [2.24, 2.45) is 0 Å². The molecule has 0 aromatic heterocycles. The fourth-order valence-corrected chi connectivity index (χ4v) is 1.59. The van der Waals surface area contributed by atoms with Crippen LogP contribution in [0.25, 0.3) is 0 Å². The van der Waals surface area contributed by atoms with Crippen LogP contribution in [0.2, 0.25) is 0 Å². The normalized spacial score (nSPS) is 11.7. The summed E-state index contributed by atoms with van der Waals surface area (Å²) in [7, 11) is 1.37. The van der Waals surface area contributed by atoms with Gasteiger partial charge in [0.25, 0.3) is 0 Å². The average Bonchev–Trinajstić information content (AvgIpc) is 2.03. The average molecular weight is 197 g/mol. The molecule has 0 aliphatic rings. The molecule has 0 amide bonds. The van der Waals surface area contributed by atoms with Crippen LogP contribution in [0.1, 0.15) is 26.3 Å². The zero-order chi connectivity index (χ0) is 9.19. The van der Waals surface area contributed by atoms with Crippen LogP contribution in [0, 0.1) is 0 Å². The highest BCUT2D eigenvalue weighted by Crippen LogP contribution is 2.26. The molecule has 2 heteroatoms. The molecule has 1 rings (SSSR count). The summed E-state index contributed by atoms with van der Waals surface area (Å²) in [4.78, 5) is 1.15. The molecule has 0 fully saturated rings. The largest absolute Gasteiger partial charge is 0.0574 e. The first-order valence-corrected chi connectivity index (χ1v) is 5.68. The van der Waals surface area contributed by atoms with Crippen molar-refractivity contribution in [3.8, 4) is 0 Å². The van der Waals surface area contributed by atoms with Crippen molar-refractivity contribution < 1.29 is 0 Å². The highest BCUT2D eigenvalue weighted by Gasteiger charge is 2.12. The van der Waals surface area contributed by atoms with Crippen molar-refractivity contribution in [3.63, 3.8) is 0 Å². The Labute approximate surface area is 83.6 Å². The van der Waals surface area contributed by atoms with E-state index in [4.69, 9.17) is 11.7 Å². The fourth-order valence-electron chi connectivity index (χ4n) is 1.01. The summed E-state index contributed by atoms with van der Waals surface area (Å²) >= 11 is 4.87. The van der Waals surface area contributed by atoms with E-state index in [9.17, 15) is 0 Å². The lowest BCUT2D eigenvalue weighted by molar-refractivity contribution is 0.590. The van der Waals surface area contributed by atoms with Crippen LogP contribution in [0.15, 0.2) is 29.2 Å². The van der Waals surface area contributed by atoms with Gasteiger partial charge in [0.2, 0.25) is 0 Å². The summed E-state index contributed by atoms with van der Waals surface area (Å²) in [6, 6.07) is 8.46. The van der Waals surface area contributed by atoms with Gasteiger partial charge in [-0.15, -0.1) is 0 Å². The number of hydrogen-bond donors (Lipinski definition) is 0. The third-order valence-corrected chi connectivity index (χ3v) is 2.86. The van der Waals surface area contributed by atoms with Crippen LogP contribution in [0.4, 0.5) is 0 Å². The van der Waals surface area contributed by atoms with Crippen LogP contribution in [-0.2, 0) is 5.41 Å². The van der Waals surface area contributed by atoms with Crippen LogP contribution in [0.5, 0.6) is 0 Å². The van der Waals surface area contributed by atoms with Gasteiger partial charge in [0.05, 0.1) is 0 Å². The second kappa shape index (κ2) is 3.75. The monoisotopic (exact) mass is 197 g/mol. The van der Waals surface area contributed by atoms with E-state index in [0.717, 1.165) is 4.90 Å². The second-order valence-electron chi connectivity index (χ2n) is 3.86. The van der Waals surface area contributed by atoms with Crippen molar-refractivity contribution in [3.05, 3.63) is 29.8 Å². The molecule has 12 heavy (non-hydrogen) atoms. The van der Waals surface area contributed by atoms with Gasteiger partial charge in [-0.25, -0.2) is 0 Å². The molecule has 1 aromatic carbocycles. The van der Waals surface area contributed by atoms with Gasteiger partial charge >= 0.3 is 0 Å². The summed E-state index contributed by atoms with van der Waals surface area (Å²) in [6.07, 6.45) is 0. The molecule has 0 unspecified atom stereocenters. The van der Waals surface area contributed by atoms with Gasteiger partial charge in [-0.05, 0) is 45.6 Å². The smallest absolute Gasteiger partial charge is 0.0191 e. The first-order valence-electron chi connectivity index (χ1n) is 3.94. The van der Waals surface area contributed by atoms with Crippen molar-refractivity contribution in [2.45, 2.75) is 31.1 Å². The van der Waals surface area contributed by atoms with Crippen LogP contribution < -0.4 is 0 Å². The minimum absolute atomic E-state index is 0.241. The lowest BCUT2D eigenvalue weighted by atomic mass is 9.87. The van der Waals surface area contributed by atoms with Gasteiger partial charge in [-0.1, -0.05) is 32.9 Å². The Balaban J connectivity index is 2.93. The van der Waals surface area contributed by atoms with Crippen molar-refractivity contribution in [1.29, 1.82) is 0 Å². The van der Waals surface area contributed by atoms with E-state index in [1.165, 1.54) is 16.4 Å². The summed E-state index contributed by atoms with van der Waals surface area (Å²) in [5.41, 5.74) is 1.60. The van der Waals surface area contributed by atoms with Crippen molar-refractivity contribution >= 4 is 22.5 Å². The van der Waals surface area contributed by atoms with E-state index >= 15 is 0 Å². The van der Waals surface area contributed by atoms with Gasteiger partial charge < -0.3 is 0 Å². The molecule has 0 aliphatic carbocycles. The van der Waals surface area contributed by atoms with E-state index in [-0.39, 0.29) is 5.41 Å². The molecule has 65 valence electrons. The minimum Gasteiger partial charge on any atom is -0.0574 e. The molecular weight excluding hydrogens is 184 g/mol. The quantitative estimate of drug-likeness (QED) is 0.608. The van der Waals surface area contributed by atoms with Crippen molar-refractivity contribution in [1.82, 2.24) is 0 Å². The fraction of sp³-hybridized carbons (Fsp3) is 0.400. The lowest BCUT2D eigenvalue weighted by Gasteiger charge is -2.18. The predicted molar refractivity (Wildman–Crippen MR) is 58.6 cm³/mol. The molecule has 0 atom stereocenters. The lowest BCUT2D eigenvalue weighted by Crippen LogP contribution is -2.10. The predicted octanol–water partition coefficient (Wildman–Crippen LogP) is 4.19. The van der Waals surface area contributed by atoms with E-state index in [0.29, 0.717) is 0 Å². The highest BCUT2D eigenvalue weighted by atomic mass is 33.1. The van der Waals surface area contributed by atoms with Crippen LogP contribution >= 0.6 is 22.5 Å². The number of rotatable bonds is 1. The van der Waals surface area contributed by atoms with Gasteiger partial charge in [0.15, 0.2) is 0 Å². The highest BCUT2D eigenvalue weighted by molar-refractivity contribution is 8.68. The second-order valence-corrected chi connectivity index (χ2v) is 5.00. The summed E-state index contributed by atoms with van der Waals surface area (Å²) in [5.74, 6) is 0. The molecular formula is C10H13S2. The molecule has 0 N–H and O–H groups in total. The Kier molecular flexibility index (Phi) is 3.13. The topological polar surface area (TPSA) is 0 Å². The minimum atomic E-state index is 0.241. The maximum atomic E-state index is 4.87. The van der Waals surface area contributed by atoms with Crippen molar-refractivity contribution in [2.75, 3.05) is 0 Å². The van der Waals surface area contributed by atoms with E-state index in [2.05, 4.69) is 45.0 Å². The Morgan fingerprint density at radius 3 is 1.92 bits per heavy atom. The van der Waals surface area contributed by atoms with Gasteiger partial charge in [0, 0.05) is 4.90 Å². The molecule has 1 aromatic rings. The first kappa shape index (κ1) is 10.0. The van der Waals surface area contributed by atoms with Crippen LogP contribution in [0.3, 0.4) is 0 Å². The van der Waals surface area contributed by atoms with Gasteiger partial charge in [-0.2, -0.15) is 0 Å². The van der Waals surface area contributed by atoms with E-state index < -0.39 is 0 Å².